The Kier molecular flexibility index (Phi) is 5.42. The summed E-state index contributed by atoms with van der Waals surface area (Å²) in [6.07, 6.45) is 0.871. The first kappa shape index (κ1) is 16.0. The molecule has 1 heterocycles. The van der Waals surface area contributed by atoms with Gasteiger partial charge in [-0.15, -0.1) is 0 Å². The lowest BCUT2D eigenvalue weighted by atomic mass is 10.0. The van der Waals surface area contributed by atoms with E-state index in [1.807, 2.05) is 35.9 Å². The fourth-order valence-electron chi connectivity index (χ4n) is 2.35. The molecular formula is C16H21BrN2O2. The number of aryl methyl sites for hydroxylation is 2. The van der Waals surface area contributed by atoms with Crippen molar-refractivity contribution in [2.75, 3.05) is 7.11 Å². The zero-order valence-electron chi connectivity index (χ0n) is 12.6. The molecule has 2 aromatic rings. The van der Waals surface area contributed by atoms with Crippen molar-refractivity contribution in [2.45, 2.75) is 39.3 Å². The summed E-state index contributed by atoms with van der Waals surface area (Å²) < 4.78 is 7.99. The number of nitrogens with zero attached hydrogens (tertiary/aromatic N) is 2. The first-order chi connectivity index (χ1) is 10.1. The fourth-order valence-corrected chi connectivity index (χ4v) is 2.93. The number of aliphatic hydroxyl groups is 1. The summed E-state index contributed by atoms with van der Waals surface area (Å²) in [5.41, 5.74) is 2.94. The van der Waals surface area contributed by atoms with Gasteiger partial charge in [-0.3, -0.25) is 4.68 Å². The third-order valence-electron chi connectivity index (χ3n) is 3.51. The lowest BCUT2D eigenvalue weighted by Gasteiger charge is -2.13. The van der Waals surface area contributed by atoms with Crippen molar-refractivity contribution in [1.82, 2.24) is 9.78 Å². The summed E-state index contributed by atoms with van der Waals surface area (Å²) in [7, 11) is 1.64. The zero-order valence-corrected chi connectivity index (χ0v) is 14.2. The van der Waals surface area contributed by atoms with E-state index >= 15 is 0 Å². The lowest BCUT2D eigenvalue weighted by Crippen LogP contribution is -2.10. The zero-order chi connectivity index (χ0) is 15.4. The molecule has 0 spiro atoms. The number of hydrogen-bond donors (Lipinski definition) is 1. The molecule has 1 atom stereocenters. The first-order valence-corrected chi connectivity index (χ1v) is 7.95. The molecule has 1 unspecified atom stereocenters. The summed E-state index contributed by atoms with van der Waals surface area (Å²) in [6.45, 7) is 4.87. The van der Waals surface area contributed by atoms with Gasteiger partial charge in [0.05, 0.1) is 29.1 Å². The quantitative estimate of drug-likeness (QED) is 0.865. The monoisotopic (exact) mass is 352 g/mol. The molecule has 4 nitrogen and oxygen atoms in total. The highest BCUT2D eigenvalue weighted by Gasteiger charge is 2.16. The van der Waals surface area contributed by atoms with Crippen molar-refractivity contribution in [2.24, 2.45) is 0 Å². The second-order valence-electron chi connectivity index (χ2n) is 4.92. The van der Waals surface area contributed by atoms with Crippen LogP contribution in [0.5, 0.6) is 5.75 Å². The van der Waals surface area contributed by atoms with E-state index in [1.54, 1.807) is 7.11 Å². The normalized spacial score (nSPS) is 12.4. The van der Waals surface area contributed by atoms with Crippen LogP contribution in [0.2, 0.25) is 0 Å². The fraction of sp³-hybridized carbons (Fsp3) is 0.438. The van der Waals surface area contributed by atoms with Gasteiger partial charge in [-0.1, -0.05) is 13.0 Å². The van der Waals surface area contributed by atoms with E-state index in [9.17, 15) is 5.11 Å². The van der Waals surface area contributed by atoms with E-state index in [1.165, 1.54) is 0 Å². The van der Waals surface area contributed by atoms with Gasteiger partial charge in [0.25, 0.3) is 0 Å². The number of methoxy groups -OCH3 is 1. The molecule has 0 aliphatic heterocycles. The van der Waals surface area contributed by atoms with Crippen LogP contribution in [0.4, 0.5) is 0 Å². The van der Waals surface area contributed by atoms with Crippen molar-refractivity contribution >= 4 is 15.9 Å². The van der Waals surface area contributed by atoms with Crippen molar-refractivity contribution in [3.8, 4) is 5.75 Å². The highest BCUT2D eigenvalue weighted by molar-refractivity contribution is 9.10. The van der Waals surface area contributed by atoms with Crippen LogP contribution in [0, 0.1) is 0 Å². The van der Waals surface area contributed by atoms with E-state index in [-0.39, 0.29) is 0 Å². The van der Waals surface area contributed by atoms with Gasteiger partial charge in [-0.2, -0.15) is 5.10 Å². The molecule has 0 saturated heterocycles. The number of aromatic nitrogens is 2. The summed E-state index contributed by atoms with van der Waals surface area (Å²) in [5.74, 6) is 0.792. The Bertz CT molecular complexity index is 610. The van der Waals surface area contributed by atoms with Crippen LogP contribution in [0.25, 0.3) is 0 Å². The average Bonchev–Trinajstić information content (AvgIpc) is 2.91. The summed E-state index contributed by atoms with van der Waals surface area (Å²) in [4.78, 5) is 0. The smallest absolute Gasteiger partial charge is 0.133 e. The molecule has 0 radical (unpaired) electrons. The first-order valence-electron chi connectivity index (χ1n) is 7.16. The van der Waals surface area contributed by atoms with Crippen molar-refractivity contribution in [3.05, 3.63) is 45.7 Å². The molecular weight excluding hydrogens is 332 g/mol. The Morgan fingerprint density at radius 1 is 1.33 bits per heavy atom. The largest absolute Gasteiger partial charge is 0.496 e. The topological polar surface area (TPSA) is 47.3 Å². The predicted molar refractivity (Wildman–Crippen MR) is 86.6 cm³/mol. The minimum Gasteiger partial charge on any atom is -0.496 e. The molecule has 0 aliphatic rings. The third kappa shape index (κ3) is 3.66. The van der Waals surface area contributed by atoms with Crippen LogP contribution in [0.3, 0.4) is 0 Å². The van der Waals surface area contributed by atoms with Crippen LogP contribution in [-0.2, 0) is 19.4 Å². The number of benzene rings is 1. The van der Waals surface area contributed by atoms with Crippen LogP contribution in [0.15, 0.2) is 28.7 Å². The predicted octanol–water partition coefficient (Wildman–Crippen LogP) is 3.51. The molecule has 0 fully saturated rings. The van der Waals surface area contributed by atoms with Gasteiger partial charge in [0.15, 0.2) is 0 Å². The van der Waals surface area contributed by atoms with Crippen LogP contribution in [0.1, 0.15) is 36.9 Å². The number of hydrogen-bond acceptors (Lipinski definition) is 3. The lowest BCUT2D eigenvalue weighted by molar-refractivity contribution is 0.167. The Morgan fingerprint density at radius 2 is 2.10 bits per heavy atom. The Labute approximate surface area is 133 Å². The molecule has 5 heteroatoms. The maximum absolute atomic E-state index is 10.5. The molecule has 1 aromatic carbocycles. The molecule has 1 N–H and O–H groups in total. The summed E-state index contributed by atoms with van der Waals surface area (Å²) in [5, 5.41) is 15.0. The second kappa shape index (κ2) is 7.09. The van der Waals surface area contributed by atoms with Gasteiger partial charge in [-0.05, 0) is 53.0 Å². The number of halogens is 1. The second-order valence-corrected chi connectivity index (χ2v) is 5.77. The van der Waals surface area contributed by atoms with E-state index in [0.717, 1.165) is 40.1 Å². The minimum atomic E-state index is -0.557. The van der Waals surface area contributed by atoms with Gasteiger partial charge >= 0.3 is 0 Å². The van der Waals surface area contributed by atoms with Crippen LogP contribution < -0.4 is 4.74 Å². The van der Waals surface area contributed by atoms with Gasteiger partial charge in [0.2, 0.25) is 0 Å². The molecule has 1 aromatic heterocycles. The van der Waals surface area contributed by atoms with E-state index in [2.05, 4.69) is 28.0 Å². The Hall–Kier alpha value is -1.33. The van der Waals surface area contributed by atoms with Gasteiger partial charge < -0.3 is 9.84 Å². The Balaban J connectivity index is 2.19. The van der Waals surface area contributed by atoms with E-state index in [4.69, 9.17) is 4.74 Å². The van der Waals surface area contributed by atoms with E-state index < -0.39 is 6.10 Å². The van der Waals surface area contributed by atoms with Gasteiger partial charge in [0.1, 0.15) is 5.75 Å². The average molecular weight is 353 g/mol. The number of rotatable bonds is 6. The molecule has 114 valence electrons. The Morgan fingerprint density at radius 3 is 2.67 bits per heavy atom. The molecule has 0 saturated carbocycles. The minimum absolute atomic E-state index is 0.553. The number of ether oxygens (including phenoxy) is 1. The highest BCUT2D eigenvalue weighted by atomic mass is 79.9. The molecule has 0 bridgehead atoms. The standard InChI is InChI=1S/C16H21BrN2O2/c1-4-12-10-14(19(5-2)18-12)15(20)9-11-6-7-16(21-3)13(17)8-11/h6-8,10,15,20H,4-5,9H2,1-3H3. The van der Waals surface area contributed by atoms with Crippen molar-refractivity contribution in [3.63, 3.8) is 0 Å². The SMILES string of the molecule is CCc1cc(C(O)Cc2ccc(OC)c(Br)c2)n(CC)n1. The molecule has 0 amide bonds. The molecule has 21 heavy (non-hydrogen) atoms. The van der Waals surface area contributed by atoms with Crippen molar-refractivity contribution in [1.29, 1.82) is 0 Å². The van der Waals surface area contributed by atoms with Crippen LogP contribution >= 0.6 is 15.9 Å². The molecule has 0 aliphatic carbocycles. The van der Waals surface area contributed by atoms with Gasteiger partial charge in [0, 0.05) is 13.0 Å². The summed E-state index contributed by atoms with van der Waals surface area (Å²) >= 11 is 3.47. The highest BCUT2D eigenvalue weighted by Crippen LogP contribution is 2.28. The molecule has 2 rings (SSSR count). The van der Waals surface area contributed by atoms with Crippen molar-refractivity contribution < 1.29 is 9.84 Å². The van der Waals surface area contributed by atoms with Crippen LogP contribution in [-0.4, -0.2) is 22.0 Å². The summed E-state index contributed by atoms with van der Waals surface area (Å²) in [6, 6.07) is 7.85. The van der Waals surface area contributed by atoms with Gasteiger partial charge in [-0.25, -0.2) is 0 Å². The third-order valence-corrected chi connectivity index (χ3v) is 4.13. The number of aliphatic hydroxyl groups excluding tert-OH is 1. The maximum atomic E-state index is 10.5. The maximum Gasteiger partial charge on any atom is 0.133 e. The van der Waals surface area contributed by atoms with E-state index in [0.29, 0.717) is 6.42 Å².